The molecule has 2 N–H and O–H groups in total. The lowest BCUT2D eigenvalue weighted by atomic mass is 9.97. The highest BCUT2D eigenvalue weighted by atomic mass is 35.5. The average Bonchev–Trinajstić information content (AvgIpc) is 2.36. The van der Waals surface area contributed by atoms with Crippen molar-refractivity contribution in [3.05, 3.63) is 68.7 Å². The summed E-state index contributed by atoms with van der Waals surface area (Å²) in [4.78, 5) is 0. The number of benzene rings is 2. The summed E-state index contributed by atoms with van der Waals surface area (Å²) in [6, 6.07) is 6.34. The van der Waals surface area contributed by atoms with Crippen LogP contribution in [0.15, 0.2) is 30.3 Å². The molecule has 0 saturated carbocycles. The van der Waals surface area contributed by atoms with E-state index >= 15 is 0 Å². The lowest BCUT2D eigenvalue weighted by Gasteiger charge is -2.15. The summed E-state index contributed by atoms with van der Waals surface area (Å²) in [5.74, 6) is -1.27. The van der Waals surface area contributed by atoms with Gasteiger partial charge in [0.1, 0.15) is 11.6 Å². The predicted octanol–water partition coefficient (Wildman–Crippen LogP) is 4.63. The van der Waals surface area contributed by atoms with Crippen molar-refractivity contribution in [1.29, 1.82) is 0 Å². The summed E-state index contributed by atoms with van der Waals surface area (Å²) in [5.41, 5.74) is 7.16. The molecule has 2 aromatic carbocycles. The summed E-state index contributed by atoms with van der Waals surface area (Å²) >= 11 is 11.7. The van der Waals surface area contributed by atoms with Gasteiger partial charge in [-0.2, -0.15) is 0 Å². The van der Waals surface area contributed by atoms with E-state index < -0.39 is 17.7 Å². The van der Waals surface area contributed by atoms with Crippen molar-refractivity contribution in [2.24, 2.45) is 5.73 Å². The molecule has 0 aliphatic rings. The molecule has 1 unspecified atom stereocenters. The van der Waals surface area contributed by atoms with Crippen molar-refractivity contribution in [2.45, 2.75) is 13.0 Å². The smallest absolute Gasteiger partial charge is 0.131 e. The third-order valence-electron chi connectivity index (χ3n) is 2.92. The number of halogens is 4. The maximum atomic E-state index is 13.8. The Kier molecular flexibility index (Phi) is 4.09. The second-order valence-electron chi connectivity index (χ2n) is 4.27. The zero-order valence-corrected chi connectivity index (χ0v) is 11.6. The van der Waals surface area contributed by atoms with E-state index in [0.717, 1.165) is 6.07 Å². The van der Waals surface area contributed by atoms with E-state index in [4.69, 9.17) is 28.9 Å². The van der Waals surface area contributed by atoms with Crippen LogP contribution in [0.25, 0.3) is 0 Å². The number of nitrogens with two attached hydrogens (primary N) is 1. The summed E-state index contributed by atoms with van der Waals surface area (Å²) < 4.78 is 27.0. The van der Waals surface area contributed by atoms with Crippen molar-refractivity contribution in [3.63, 3.8) is 0 Å². The van der Waals surface area contributed by atoms with Gasteiger partial charge in [0, 0.05) is 11.6 Å². The number of hydrogen-bond donors (Lipinski definition) is 1. The standard InChI is InChI=1S/C14H11Cl2F2N/c1-7-4-9(13(18)6-12(7)17)14(19)8-2-3-10(15)11(16)5-8/h2-6,14H,19H2,1H3. The van der Waals surface area contributed by atoms with E-state index in [1.807, 2.05) is 0 Å². The average molecular weight is 302 g/mol. The van der Waals surface area contributed by atoms with Crippen LogP contribution in [0.2, 0.25) is 10.0 Å². The Morgan fingerprint density at radius 2 is 1.68 bits per heavy atom. The Balaban J connectivity index is 2.46. The molecular formula is C14H11Cl2F2N. The van der Waals surface area contributed by atoms with Crippen molar-refractivity contribution in [3.8, 4) is 0 Å². The van der Waals surface area contributed by atoms with Gasteiger partial charge < -0.3 is 5.73 Å². The molecule has 0 aliphatic carbocycles. The highest BCUT2D eigenvalue weighted by Gasteiger charge is 2.16. The van der Waals surface area contributed by atoms with E-state index in [-0.39, 0.29) is 5.56 Å². The van der Waals surface area contributed by atoms with Gasteiger partial charge in [-0.1, -0.05) is 29.3 Å². The van der Waals surface area contributed by atoms with Crippen LogP contribution in [0.4, 0.5) is 8.78 Å². The molecule has 1 atom stereocenters. The molecule has 0 spiro atoms. The van der Waals surface area contributed by atoms with Gasteiger partial charge in [-0.25, -0.2) is 8.78 Å². The molecule has 19 heavy (non-hydrogen) atoms. The highest BCUT2D eigenvalue weighted by Crippen LogP contribution is 2.29. The van der Waals surface area contributed by atoms with Crippen molar-refractivity contribution in [2.75, 3.05) is 0 Å². The maximum absolute atomic E-state index is 13.8. The Morgan fingerprint density at radius 3 is 2.32 bits per heavy atom. The van der Waals surface area contributed by atoms with Crippen molar-refractivity contribution < 1.29 is 8.78 Å². The summed E-state index contributed by atoms with van der Waals surface area (Å²) in [6.07, 6.45) is 0. The second kappa shape index (κ2) is 5.45. The van der Waals surface area contributed by atoms with Gasteiger partial charge in [0.2, 0.25) is 0 Å². The lowest BCUT2D eigenvalue weighted by molar-refractivity contribution is 0.561. The molecule has 100 valence electrons. The third kappa shape index (κ3) is 2.89. The normalized spacial score (nSPS) is 12.5. The van der Waals surface area contributed by atoms with Crippen LogP contribution in [-0.2, 0) is 0 Å². The fourth-order valence-corrected chi connectivity index (χ4v) is 2.11. The van der Waals surface area contributed by atoms with Gasteiger partial charge in [-0.15, -0.1) is 0 Å². The monoisotopic (exact) mass is 301 g/mol. The Labute approximate surface area is 119 Å². The van der Waals surface area contributed by atoms with Crippen molar-refractivity contribution in [1.82, 2.24) is 0 Å². The van der Waals surface area contributed by atoms with Crippen LogP contribution in [0.1, 0.15) is 22.7 Å². The predicted molar refractivity (Wildman–Crippen MR) is 73.6 cm³/mol. The maximum Gasteiger partial charge on any atom is 0.131 e. The fourth-order valence-electron chi connectivity index (χ4n) is 1.80. The Bertz CT molecular complexity index is 629. The minimum Gasteiger partial charge on any atom is -0.320 e. The van der Waals surface area contributed by atoms with Gasteiger partial charge >= 0.3 is 0 Å². The van der Waals surface area contributed by atoms with E-state index in [9.17, 15) is 8.78 Å². The van der Waals surface area contributed by atoms with Gasteiger partial charge in [-0.05, 0) is 36.2 Å². The lowest BCUT2D eigenvalue weighted by Crippen LogP contribution is -2.14. The number of rotatable bonds is 2. The first-order valence-corrected chi connectivity index (χ1v) is 6.32. The van der Waals surface area contributed by atoms with Gasteiger partial charge in [-0.3, -0.25) is 0 Å². The quantitative estimate of drug-likeness (QED) is 0.860. The van der Waals surface area contributed by atoms with Crippen LogP contribution < -0.4 is 5.73 Å². The molecule has 0 saturated heterocycles. The van der Waals surface area contributed by atoms with Crippen LogP contribution in [-0.4, -0.2) is 0 Å². The second-order valence-corrected chi connectivity index (χ2v) is 5.09. The van der Waals surface area contributed by atoms with E-state index in [1.54, 1.807) is 25.1 Å². The molecule has 0 amide bonds. The molecule has 0 fully saturated rings. The first-order valence-electron chi connectivity index (χ1n) is 5.56. The molecule has 5 heteroatoms. The van der Waals surface area contributed by atoms with Crippen molar-refractivity contribution >= 4 is 23.2 Å². The molecule has 2 rings (SSSR count). The zero-order chi connectivity index (χ0) is 14.2. The SMILES string of the molecule is Cc1cc(C(N)c2ccc(Cl)c(Cl)c2)c(F)cc1F. The molecule has 0 aromatic heterocycles. The highest BCUT2D eigenvalue weighted by molar-refractivity contribution is 6.42. The van der Waals surface area contributed by atoms with Gasteiger partial charge in [0.05, 0.1) is 16.1 Å². The van der Waals surface area contributed by atoms with Crippen LogP contribution in [0.3, 0.4) is 0 Å². The molecular weight excluding hydrogens is 291 g/mol. The number of hydrogen-bond acceptors (Lipinski definition) is 1. The molecule has 2 aromatic rings. The minimum absolute atomic E-state index is 0.220. The largest absolute Gasteiger partial charge is 0.320 e. The molecule has 0 radical (unpaired) electrons. The van der Waals surface area contributed by atoms with E-state index in [0.29, 0.717) is 21.2 Å². The third-order valence-corrected chi connectivity index (χ3v) is 3.65. The molecule has 0 heterocycles. The molecule has 1 nitrogen and oxygen atoms in total. The van der Waals surface area contributed by atoms with E-state index in [2.05, 4.69) is 0 Å². The first kappa shape index (κ1) is 14.3. The van der Waals surface area contributed by atoms with Crippen LogP contribution >= 0.6 is 23.2 Å². The summed E-state index contributed by atoms with van der Waals surface area (Å²) in [6.45, 7) is 1.56. The zero-order valence-electron chi connectivity index (χ0n) is 10.1. The van der Waals surface area contributed by atoms with E-state index in [1.165, 1.54) is 6.07 Å². The number of aryl methyl sites for hydroxylation is 1. The van der Waals surface area contributed by atoms with Gasteiger partial charge in [0.15, 0.2) is 0 Å². The summed E-state index contributed by atoms with van der Waals surface area (Å²) in [5, 5.41) is 0.738. The van der Waals surface area contributed by atoms with Crippen LogP contribution in [0.5, 0.6) is 0 Å². The first-order chi connectivity index (χ1) is 8.90. The van der Waals surface area contributed by atoms with Crippen LogP contribution in [0, 0.1) is 18.6 Å². The topological polar surface area (TPSA) is 26.0 Å². The Morgan fingerprint density at radius 1 is 1.00 bits per heavy atom. The minimum atomic E-state index is -0.728. The summed E-state index contributed by atoms with van der Waals surface area (Å²) in [7, 11) is 0. The molecule has 0 bridgehead atoms. The Hall–Kier alpha value is -1.16. The fraction of sp³-hybridized carbons (Fsp3) is 0.143. The van der Waals surface area contributed by atoms with Gasteiger partial charge in [0.25, 0.3) is 0 Å². The molecule has 0 aliphatic heterocycles.